The molecule has 0 amide bonds. The molecule has 0 aliphatic heterocycles. The highest BCUT2D eigenvalue weighted by atomic mass is 16.1. The third-order valence-corrected chi connectivity index (χ3v) is 0.820. The van der Waals surface area contributed by atoms with Crippen molar-refractivity contribution in [3.05, 3.63) is 11.8 Å². The van der Waals surface area contributed by atoms with Gasteiger partial charge in [0.2, 0.25) is 0 Å². The van der Waals surface area contributed by atoms with E-state index in [1.165, 1.54) is 6.92 Å². The number of carbonyl (C=O) groups is 1. The lowest BCUT2D eigenvalue weighted by Gasteiger charge is -2.12. The summed E-state index contributed by atoms with van der Waals surface area (Å²) in [6, 6.07) is 0. The fourth-order valence-electron chi connectivity index (χ4n) is 0.690. The minimum Gasteiger partial charge on any atom is -0.324 e. The Kier molecular flexibility index (Phi) is 3.72. The zero-order valence-corrected chi connectivity index (χ0v) is 6.93. The van der Waals surface area contributed by atoms with E-state index < -0.39 is 0 Å². The van der Waals surface area contributed by atoms with Gasteiger partial charge in [-0.25, -0.2) is 5.01 Å². The van der Waals surface area contributed by atoms with Gasteiger partial charge in [-0.15, -0.1) is 0 Å². The maximum Gasteiger partial charge on any atom is 0.154 e. The molecule has 0 rings (SSSR count). The van der Waals surface area contributed by atoms with E-state index in [4.69, 9.17) is 0 Å². The summed E-state index contributed by atoms with van der Waals surface area (Å²) >= 11 is 0. The molecule has 0 fully saturated rings. The minimum absolute atomic E-state index is 0.0619. The first-order valence-electron chi connectivity index (χ1n) is 3.15. The Morgan fingerprint density at radius 3 is 2.20 bits per heavy atom. The first-order chi connectivity index (χ1) is 4.52. The van der Waals surface area contributed by atoms with Crippen LogP contribution in [0.3, 0.4) is 0 Å². The standard InChI is InChI=1S/C7H14N2O/c1-6(5-7(2)10)8-9(3)4/h5,8H,1-4H3/b6-5+. The fourth-order valence-corrected chi connectivity index (χ4v) is 0.690. The zero-order valence-electron chi connectivity index (χ0n) is 6.93. The average molecular weight is 142 g/mol. The molecule has 10 heavy (non-hydrogen) atoms. The molecule has 1 N–H and O–H groups in total. The summed E-state index contributed by atoms with van der Waals surface area (Å²) in [6.07, 6.45) is 1.56. The maximum atomic E-state index is 10.5. The van der Waals surface area contributed by atoms with E-state index in [2.05, 4.69) is 5.43 Å². The molecule has 0 saturated heterocycles. The second kappa shape index (κ2) is 4.06. The largest absolute Gasteiger partial charge is 0.324 e. The summed E-state index contributed by atoms with van der Waals surface area (Å²) in [6.45, 7) is 3.38. The predicted octanol–water partition coefficient (Wildman–Crippen LogP) is 0.545. The molecule has 0 aromatic carbocycles. The number of ketones is 1. The van der Waals surface area contributed by atoms with Crippen LogP contribution in [0.15, 0.2) is 11.8 Å². The molecule has 0 aromatic heterocycles. The maximum absolute atomic E-state index is 10.5. The number of allylic oxidation sites excluding steroid dienone is 2. The average Bonchev–Trinajstić information content (AvgIpc) is 1.58. The van der Waals surface area contributed by atoms with E-state index >= 15 is 0 Å². The molecule has 0 unspecified atom stereocenters. The molecule has 58 valence electrons. The number of hydrogen-bond acceptors (Lipinski definition) is 3. The number of hydrogen-bond donors (Lipinski definition) is 1. The molecule has 0 saturated carbocycles. The molecule has 0 radical (unpaired) electrons. The summed E-state index contributed by atoms with van der Waals surface area (Å²) in [5.74, 6) is 0.0619. The Bertz CT molecular complexity index is 150. The van der Waals surface area contributed by atoms with Crippen LogP contribution >= 0.6 is 0 Å². The highest BCUT2D eigenvalue weighted by Crippen LogP contribution is 1.86. The van der Waals surface area contributed by atoms with Crippen LogP contribution in [0.5, 0.6) is 0 Å². The van der Waals surface area contributed by atoms with Crippen molar-refractivity contribution in [3.8, 4) is 0 Å². The molecular formula is C7H14N2O. The van der Waals surface area contributed by atoms with Gasteiger partial charge >= 0.3 is 0 Å². The van der Waals surface area contributed by atoms with Crippen molar-refractivity contribution >= 4 is 5.78 Å². The van der Waals surface area contributed by atoms with Gasteiger partial charge in [-0.1, -0.05) is 0 Å². The first-order valence-corrected chi connectivity index (χ1v) is 3.15. The lowest BCUT2D eigenvalue weighted by Crippen LogP contribution is -2.28. The number of rotatable bonds is 3. The predicted molar refractivity (Wildman–Crippen MR) is 41.3 cm³/mol. The Morgan fingerprint density at radius 1 is 1.40 bits per heavy atom. The summed E-state index contributed by atoms with van der Waals surface area (Å²) in [7, 11) is 3.74. The third kappa shape index (κ3) is 5.31. The number of hydrazine groups is 1. The Morgan fingerprint density at radius 2 is 1.90 bits per heavy atom. The molecule has 0 spiro atoms. The van der Waals surface area contributed by atoms with Crippen LogP contribution in [0, 0.1) is 0 Å². The van der Waals surface area contributed by atoms with Gasteiger partial charge in [0.1, 0.15) is 0 Å². The summed E-state index contributed by atoms with van der Waals surface area (Å²) < 4.78 is 0. The molecule has 3 nitrogen and oxygen atoms in total. The molecule has 3 heteroatoms. The summed E-state index contributed by atoms with van der Waals surface area (Å²) in [4.78, 5) is 10.5. The Hall–Kier alpha value is -0.830. The van der Waals surface area contributed by atoms with Crippen molar-refractivity contribution in [1.82, 2.24) is 10.4 Å². The summed E-state index contributed by atoms with van der Waals surface area (Å²) in [5.41, 5.74) is 3.81. The monoisotopic (exact) mass is 142 g/mol. The van der Waals surface area contributed by atoms with Crippen molar-refractivity contribution in [2.24, 2.45) is 0 Å². The molecule has 0 aliphatic rings. The van der Waals surface area contributed by atoms with Crippen molar-refractivity contribution < 1.29 is 4.79 Å². The van der Waals surface area contributed by atoms with Gasteiger partial charge in [0.15, 0.2) is 5.78 Å². The van der Waals surface area contributed by atoms with Crippen molar-refractivity contribution in [2.45, 2.75) is 13.8 Å². The van der Waals surface area contributed by atoms with Gasteiger partial charge in [-0.2, -0.15) is 0 Å². The second-order valence-electron chi connectivity index (χ2n) is 2.44. The fraction of sp³-hybridized carbons (Fsp3) is 0.571. The van der Waals surface area contributed by atoms with Crippen molar-refractivity contribution in [3.63, 3.8) is 0 Å². The Balaban J connectivity index is 3.83. The molecule has 0 atom stereocenters. The van der Waals surface area contributed by atoms with E-state index in [1.807, 2.05) is 21.0 Å². The van der Waals surface area contributed by atoms with Crippen molar-refractivity contribution in [2.75, 3.05) is 14.1 Å². The van der Waals surface area contributed by atoms with Crippen LogP contribution in [0.4, 0.5) is 0 Å². The number of nitrogens with zero attached hydrogens (tertiary/aromatic N) is 1. The van der Waals surface area contributed by atoms with E-state index in [-0.39, 0.29) is 5.78 Å². The Labute approximate surface area is 61.7 Å². The SMILES string of the molecule is CC(=O)/C=C(\C)NN(C)C. The third-order valence-electron chi connectivity index (χ3n) is 0.820. The van der Waals surface area contributed by atoms with Crippen LogP contribution in [-0.2, 0) is 4.79 Å². The number of nitrogens with one attached hydrogen (secondary N) is 1. The van der Waals surface area contributed by atoms with E-state index in [0.29, 0.717) is 0 Å². The smallest absolute Gasteiger partial charge is 0.154 e. The minimum atomic E-state index is 0.0619. The van der Waals surface area contributed by atoms with Crippen LogP contribution < -0.4 is 5.43 Å². The molecule has 0 aromatic rings. The van der Waals surface area contributed by atoms with Crippen LogP contribution in [0.25, 0.3) is 0 Å². The highest BCUT2D eigenvalue weighted by Gasteiger charge is 1.90. The molecule has 0 heterocycles. The van der Waals surface area contributed by atoms with Crippen LogP contribution in [0.2, 0.25) is 0 Å². The van der Waals surface area contributed by atoms with E-state index in [9.17, 15) is 4.79 Å². The van der Waals surface area contributed by atoms with Crippen molar-refractivity contribution in [1.29, 1.82) is 0 Å². The van der Waals surface area contributed by atoms with Gasteiger partial charge in [-0.05, 0) is 13.8 Å². The van der Waals surface area contributed by atoms with Gasteiger partial charge < -0.3 is 5.43 Å². The first kappa shape index (κ1) is 9.17. The van der Waals surface area contributed by atoms with E-state index in [0.717, 1.165) is 5.70 Å². The molecule has 0 bridgehead atoms. The van der Waals surface area contributed by atoms with Gasteiger partial charge in [-0.3, -0.25) is 4.79 Å². The lowest BCUT2D eigenvalue weighted by molar-refractivity contribution is -0.112. The zero-order chi connectivity index (χ0) is 8.15. The molecular weight excluding hydrogens is 128 g/mol. The molecule has 0 aliphatic carbocycles. The van der Waals surface area contributed by atoms with Gasteiger partial charge in [0.05, 0.1) is 0 Å². The quantitative estimate of drug-likeness (QED) is 0.461. The van der Waals surface area contributed by atoms with Crippen LogP contribution in [0.1, 0.15) is 13.8 Å². The van der Waals surface area contributed by atoms with Crippen LogP contribution in [-0.4, -0.2) is 24.9 Å². The lowest BCUT2D eigenvalue weighted by atomic mass is 10.3. The summed E-state index contributed by atoms with van der Waals surface area (Å²) in [5, 5.41) is 1.79. The second-order valence-corrected chi connectivity index (χ2v) is 2.44. The highest BCUT2D eigenvalue weighted by molar-refractivity contribution is 5.87. The number of carbonyl (C=O) groups excluding carboxylic acids is 1. The normalized spacial score (nSPS) is 11.9. The van der Waals surface area contributed by atoms with E-state index in [1.54, 1.807) is 11.1 Å². The van der Waals surface area contributed by atoms with Gasteiger partial charge in [0.25, 0.3) is 0 Å². The topological polar surface area (TPSA) is 32.3 Å². The van der Waals surface area contributed by atoms with Gasteiger partial charge in [0, 0.05) is 25.9 Å².